The number of β-amino-alcohol motifs (C(OH)–C–C–N with tert-alkyl or cyclic N) is 1. The number of nitrogens with zero attached hydrogens (tertiary/aromatic N) is 1. The molecule has 0 aromatic heterocycles. The average molecular weight is 307 g/mol. The van der Waals surface area contributed by atoms with E-state index in [9.17, 15) is 15.0 Å². The van der Waals surface area contributed by atoms with E-state index < -0.39 is 22.9 Å². The van der Waals surface area contributed by atoms with Crippen molar-refractivity contribution in [3.63, 3.8) is 0 Å². The van der Waals surface area contributed by atoms with Crippen LogP contribution in [-0.2, 0) is 10.3 Å². The number of hydrogen-bond acceptors (Lipinski definition) is 4. The standard InChI is InChI=1S/C17H25NO4/c1-15(2,3)22-14(19)18-11-10-16(4,20)17(21,12-18)13-8-6-5-7-9-13/h5-9,20-21H,10-12H2,1-4H3/t16-,17-/m1/s1. The molecule has 1 fully saturated rings. The van der Waals surface area contributed by atoms with Crippen molar-refractivity contribution < 1.29 is 19.7 Å². The van der Waals surface area contributed by atoms with Crippen molar-refractivity contribution in [1.82, 2.24) is 4.90 Å². The van der Waals surface area contributed by atoms with E-state index in [1.165, 1.54) is 4.90 Å². The van der Waals surface area contributed by atoms with Gasteiger partial charge in [-0.15, -0.1) is 0 Å². The predicted molar refractivity (Wildman–Crippen MR) is 83.4 cm³/mol. The Morgan fingerprint density at radius 2 is 1.82 bits per heavy atom. The van der Waals surface area contributed by atoms with E-state index >= 15 is 0 Å². The van der Waals surface area contributed by atoms with Crippen molar-refractivity contribution in [2.45, 2.75) is 50.9 Å². The van der Waals surface area contributed by atoms with E-state index in [1.807, 2.05) is 6.07 Å². The maximum absolute atomic E-state index is 12.3. The van der Waals surface area contributed by atoms with Crippen LogP contribution >= 0.6 is 0 Å². The first-order valence-electron chi connectivity index (χ1n) is 7.53. The van der Waals surface area contributed by atoms with Crippen molar-refractivity contribution in [3.05, 3.63) is 35.9 Å². The second kappa shape index (κ2) is 5.56. The van der Waals surface area contributed by atoms with Crippen molar-refractivity contribution in [2.75, 3.05) is 13.1 Å². The fourth-order valence-corrected chi connectivity index (χ4v) is 2.68. The first kappa shape index (κ1) is 16.8. The second-order valence-corrected chi connectivity index (χ2v) is 7.15. The molecule has 0 spiro atoms. The Bertz CT molecular complexity index is 535. The average Bonchev–Trinajstić information content (AvgIpc) is 2.41. The van der Waals surface area contributed by atoms with Gasteiger partial charge in [-0.3, -0.25) is 0 Å². The second-order valence-electron chi connectivity index (χ2n) is 7.15. The zero-order valence-corrected chi connectivity index (χ0v) is 13.7. The lowest BCUT2D eigenvalue weighted by molar-refractivity contribution is -0.183. The molecule has 5 heteroatoms. The number of likely N-dealkylation sites (tertiary alicyclic amines) is 1. The highest BCUT2D eigenvalue weighted by Crippen LogP contribution is 2.39. The molecule has 1 heterocycles. The van der Waals surface area contributed by atoms with Gasteiger partial charge in [0.15, 0.2) is 0 Å². The van der Waals surface area contributed by atoms with Gasteiger partial charge < -0.3 is 19.8 Å². The number of hydrogen-bond donors (Lipinski definition) is 2. The van der Waals surface area contributed by atoms with E-state index in [0.29, 0.717) is 12.1 Å². The molecule has 22 heavy (non-hydrogen) atoms. The summed E-state index contributed by atoms with van der Waals surface area (Å²) in [5, 5.41) is 21.7. The number of carbonyl (C=O) groups excluding carboxylic acids is 1. The van der Waals surface area contributed by atoms with Gasteiger partial charge in [-0.05, 0) is 39.7 Å². The Balaban J connectivity index is 2.26. The molecule has 0 saturated carbocycles. The van der Waals surface area contributed by atoms with Gasteiger partial charge in [0.25, 0.3) is 0 Å². The summed E-state index contributed by atoms with van der Waals surface area (Å²) in [4.78, 5) is 13.7. The number of carbonyl (C=O) groups is 1. The van der Waals surface area contributed by atoms with Crippen LogP contribution in [0.2, 0.25) is 0 Å². The number of piperidine rings is 1. The lowest BCUT2D eigenvalue weighted by Gasteiger charge is -2.49. The van der Waals surface area contributed by atoms with E-state index in [2.05, 4.69) is 0 Å². The fraction of sp³-hybridized carbons (Fsp3) is 0.588. The highest BCUT2D eigenvalue weighted by atomic mass is 16.6. The lowest BCUT2D eigenvalue weighted by atomic mass is 9.74. The molecule has 1 saturated heterocycles. The van der Waals surface area contributed by atoms with Gasteiger partial charge in [0, 0.05) is 6.54 Å². The summed E-state index contributed by atoms with van der Waals surface area (Å²) in [5.74, 6) is 0. The van der Waals surface area contributed by atoms with Gasteiger partial charge in [-0.2, -0.15) is 0 Å². The Kier molecular flexibility index (Phi) is 4.24. The summed E-state index contributed by atoms with van der Waals surface area (Å²) in [6.45, 7) is 7.35. The number of ether oxygens (including phenoxy) is 1. The predicted octanol–water partition coefficient (Wildman–Crippen LogP) is 2.27. The number of benzene rings is 1. The van der Waals surface area contributed by atoms with E-state index in [-0.39, 0.29) is 13.0 Å². The van der Waals surface area contributed by atoms with E-state index in [4.69, 9.17) is 4.74 Å². The molecular formula is C17H25NO4. The highest BCUT2D eigenvalue weighted by Gasteiger charge is 2.52. The highest BCUT2D eigenvalue weighted by molar-refractivity contribution is 5.68. The van der Waals surface area contributed by atoms with Gasteiger partial charge in [-0.1, -0.05) is 30.3 Å². The minimum atomic E-state index is -1.52. The minimum Gasteiger partial charge on any atom is -0.444 e. The van der Waals surface area contributed by atoms with Gasteiger partial charge in [0.05, 0.1) is 12.1 Å². The zero-order valence-electron chi connectivity index (χ0n) is 13.7. The Morgan fingerprint density at radius 3 is 2.36 bits per heavy atom. The van der Waals surface area contributed by atoms with Gasteiger partial charge in [0.2, 0.25) is 0 Å². The SMILES string of the molecule is CC(C)(C)OC(=O)N1CC[C@@](C)(O)[C@](O)(c2ccccc2)C1. The van der Waals surface area contributed by atoms with Crippen molar-refractivity contribution in [1.29, 1.82) is 0 Å². The maximum Gasteiger partial charge on any atom is 0.410 e. The van der Waals surface area contributed by atoms with Crippen molar-refractivity contribution in [3.8, 4) is 0 Å². The van der Waals surface area contributed by atoms with Gasteiger partial charge in [-0.25, -0.2) is 4.79 Å². The summed E-state index contributed by atoms with van der Waals surface area (Å²) in [6.07, 6.45) is -0.199. The smallest absolute Gasteiger partial charge is 0.410 e. The zero-order chi connectivity index (χ0) is 16.6. The first-order chi connectivity index (χ1) is 10.1. The van der Waals surface area contributed by atoms with Crippen LogP contribution in [0.1, 0.15) is 39.7 Å². The molecule has 5 nitrogen and oxygen atoms in total. The molecule has 122 valence electrons. The summed E-state index contributed by atoms with van der Waals surface area (Å²) in [7, 11) is 0. The topological polar surface area (TPSA) is 70.0 Å². The van der Waals surface area contributed by atoms with Crippen LogP contribution in [0.15, 0.2) is 30.3 Å². The normalized spacial score (nSPS) is 29.3. The largest absolute Gasteiger partial charge is 0.444 e. The Morgan fingerprint density at radius 1 is 1.23 bits per heavy atom. The molecular weight excluding hydrogens is 282 g/mol. The van der Waals surface area contributed by atoms with Crippen LogP contribution < -0.4 is 0 Å². The molecule has 0 bridgehead atoms. The first-order valence-corrected chi connectivity index (χ1v) is 7.53. The minimum absolute atomic E-state index is 0.00106. The number of rotatable bonds is 1. The molecule has 1 amide bonds. The van der Waals surface area contributed by atoms with Crippen molar-refractivity contribution >= 4 is 6.09 Å². The Hall–Kier alpha value is -1.59. The lowest BCUT2D eigenvalue weighted by Crippen LogP contribution is -2.62. The molecule has 0 aliphatic carbocycles. The van der Waals surface area contributed by atoms with Crippen molar-refractivity contribution in [2.24, 2.45) is 0 Å². The molecule has 1 aliphatic rings. The molecule has 2 N–H and O–H groups in total. The van der Waals surface area contributed by atoms with Crippen LogP contribution in [0.4, 0.5) is 4.79 Å². The molecule has 2 atom stereocenters. The fourth-order valence-electron chi connectivity index (χ4n) is 2.68. The van der Waals surface area contributed by atoms with Crippen LogP contribution in [0.3, 0.4) is 0 Å². The molecule has 0 radical (unpaired) electrons. The van der Waals surface area contributed by atoms with Gasteiger partial charge >= 0.3 is 6.09 Å². The van der Waals surface area contributed by atoms with Gasteiger partial charge in [0.1, 0.15) is 11.2 Å². The molecule has 2 rings (SSSR count). The molecule has 1 aromatic carbocycles. The molecule has 1 aliphatic heterocycles. The van der Waals surface area contributed by atoms with Crippen LogP contribution in [0.5, 0.6) is 0 Å². The summed E-state index contributed by atoms with van der Waals surface area (Å²) >= 11 is 0. The molecule has 1 aromatic rings. The van der Waals surface area contributed by atoms with E-state index in [0.717, 1.165) is 0 Å². The quantitative estimate of drug-likeness (QED) is 0.835. The summed E-state index contributed by atoms with van der Waals surface area (Å²) in [6, 6.07) is 8.96. The third-order valence-corrected chi connectivity index (χ3v) is 4.08. The maximum atomic E-state index is 12.3. The number of amides is 1. The van der Waals surface area contributed by atoms with Crippen LogP contribution in [0, 0.1) is 0 Å². The van der Waals surface area contributed by atoms with Crippen LogP contribution in [-0.4, -0.2) is 45.5 Å². The Labute approximate surface area is 131 Å². The number of aliphatic hydroxyl groups is 2. The summed E-state index contributed by atoms with van der Waals surface area (Å²) in [5.41, 5.74) is -2.84. The third-order valence-electron chi connectivity index (χ3n) is 4.08. The summed E-state index contributed by atoms with van der Waals surface area (Å²) < 4.78 is 5.37. The van der Waals surface area contributed by atoms with Crippen LogP contribution in [0.25, 0.3) is 0 Å². The monoisotopic (exact) mass is 307 g/mol. The molecule has 0 unspecified atom stereocenters. The third kappa shape index (κ3) is 3.25. The van der Waals surface area contributed by atoms with E-state index in [1.54, 1.807) is 52.0 Å².